The smallest absolute Gasteiger partial charge is 0.309 e. The van der Waals surface area contributed by atoms with Gasteiger partial charge in [-0.1, -0.05) is 0 Å². The van der Waals surface area contributed by atoms with E-state index in [4.69, 9.17) is 9.84 Å². The molecule has 2 aromatic heterocycles. The Morgan fingerprint density at radius 2 is 2.14 bits per heavy atom. The van der Waals surface area contributed by atoms with E-state index in [2.05, 4.69) is 15.2 Å². The van der Waals surface area contributed by atoms with Crippen molar-refractivity contribution in [1.29, 1.82) is 0 Å². The fourth-order valence-corrected chi connectivity index (χ4v) is 1.99. The lowest BCUT2D eigenvalue weighted by Crippen LogP contribution is -2.23. The Bertz CT molecular complexity index is 592. The summed E-state index contributed by atoms with van der Waals surface area (Å²) in [5, 5.41) is 15.8. The number of pyridine rings is 1. The summed E-state index contributed by atoms with van der Waals surface area (Å²) in [6.45, 7) is 4.05. The number of nitrogens with one attached hydrogen (secondary N) is 1. The molecular weight excluding hydrogens is 282 g/mol. The molecule has 2 rings (SSSR count). The molecule has 0 bridgehead atoms. The van der Waals surface area contributed by atoms with Crippen molar-refractivity contribution in [3.05, 3.63) is 30.6 Å². The van der Waals surface area contributed by atoms with E-state index < -0.39 is 11.4 Å². The Hall–Kier alpha value is -2.37. The fourth-order valence-electron chi connectivity index (χ4n) is 1.99. The molecule has 0 radical (unpaired) electrons. The zero-order chi connectivity index (χ0) is 16.0. The van der Waals surface area contributed by atoms with Gasteiger partial charge in [-0.05, 0) is 51.3 Å². The normalized spacial score (nSPS) is 11.4. The molecule has 6 nitrogen and oxygen atoms in total. The molecule has 2 heterocycles. The third-order valence-corrected chi connectivity index (χ3v) is 3.56. The van der Waals surface area contributed by atoms with Crippen LogP contribution in [0, 0.1) is 5.41 Å². The number of carboxylic acids is 1. The SMILES string of the molecule is CC(C)(CCCCOc1ccc(-c2ccn[nH]2)nc1)C(=O)O. The van der Waals surface area contributed by atoms with Crippen molar-refractivity contribution >= 4 is 5.97 Å². The van der Waals surface area contributed by atoms with Crippen LogP contribution in [0.4, 0.5) is 0 Å². The minimum Gasteiger partial charge on any atom is -0.492 e. The van der Waals surface area contributed by atoms with Crippen LogP contribution in [0.15, 0.2) is 30.6 Å². The van der Waals surface area contributed by atoms with Crippen molar-refractivity contribution in [2.75, 3.05) is 6.61 Å². The number of ether oxygens (including phenoxy) is 1. The molecule has 0 saturated heterocycles. The summed E-state index contributed by atoms with van der Waals surface area (Å²) in [5.74, 6) is -0.0484. The van der Waals surface area contributed by atoms with Crippen molar-refractivity contribution < 1.29 is 14.6 Å². The van der Waals surface area contributed by atoms with E-state index in [1.165, 1.54) is 0 Å². The standard InChI is InChI=1S/C16H21N3O3/c1-16(2,15(20)21)8-3-4-10-22-12-5-6-13(17-11-12)14-7-9-18-19-14/h5-7,9,11H,3-4,8,10H2,1-2H3,(H,18,19)(H,20,21). The topological polar surface area (TPSA) is 88.1 Å². The molecule has 0 amide bonds. The van der Waals surface area contributed by atoms with Crippen molar-refractivity contribution in [1.82, 2.24) is 15.2 Å². The lowest BCUT2D eigenvalue weighted by Gasteiger charge is -2.18. The molecule has 2 N–H and O–H groups in total. The Kier molecular flexibility index (Phi) is 5.14. The van der Waals surface area contributed by atoms with Gasteiger partial charge < -0.3 is 9.84 Å². The lowest BCUT2D eigenvalue weighted by atomic mass is 9.87. The van der Waals surface area contributed by atoms with Crippen LogP contribution in [-0.4, -0.2) is 32.9 Å². The molecule has 0 spiro atoms. The van der Waals surface area contributed by atoms with E-state index >= 15 is 0 Å². The van der Waals surface area contributed by atoms with Gasteiger partial charge in [0.1, 0.15) is 5.75 Å². The zero-order valence-electron chi connectivity index (χ0n) is 12.9. The Morgan fingerprint density at radius 3 is 2.73 bits per heavy atom. The summed E-state index contributed by atoms with van der Waals surface area (Å²) < 4.78 is 5.62. The van der Waals surface area contributed by atoms with Crippen LogP contribution >= 0.6 is 0 Å². The monoisotopic (exact) mass is 303 g/mol. The Morgan fingerprint density at radius 1 is 1.32 bits per heavy atom. The molecule has 0 aromatic carbocycles. The third kappa shape index (κ3) is 4.31. The van der Waals surface area contributed by atoms with E-state index in [0.29, 0.717) is 18.8 Å². The molecule has 22 heavy (non-hydrogen) atoms. The number of unbranched alkanes of at least 4 members (excludes halogenated alkanes) is 1. The number of aromatic amines is 1. The summed E-state index contributed by atoms with van der Waals surface area (Å²) in [5.41, 5.74) is 1.00. The second-order valence-electron chi connectivity index (χ2n) is 5.84. The maximum absolute atomic E-state index is 11.0. The van der Waals surface area contributed by atoms with E-state index in [0.717, 1.165) is 24.2 Å². The summed E-state index contributed by atoms with van der Waals surface area (Å²) in [7, 11) is 0. The van der Waals surface area contributed by atoms with Gasteiger partial charge in [-0.2, -0.15) is 5.10 Å². The van der Waals surface area contributed by atoms with Crippen LogP contribution in [0.2, 0.25) is 0 Å². The van der Waals surface area contributed by atoms with Crippen molar-refractivity contribution in [2.45, 2.75) is 33.1 Å². The van der Waals surface area contributed by atoms with E-state index in [1.807, 2.05) is 18.2 Å². The first-order valence-electron chi connectivity index (χ1n) is 7.31. The van der Waals surface area contributed by atoms with Crippen LogP contribution in [0.3, 0.4) is 0 Å². The van der Waals surface area contributed by atoms with E-state index in [-0.39, 0.29) is 0 Å². The maximum Gasteiger partial charge on any atom is 0.309 e. The van der Waals surface area contributed by atoms with Crippen LogP contribution < -0.4 is 4.74 Å². The highest BCUT2D eigenvalue weighted by Crippen LogP contribution is 2.23. The molecule has 2 aromatic rings. The Labute approximate surface area is 129 Å². The van der Waals surface area contributed by atoms with E-state index in [1.54, 1.807) is 26.2 Å². The first-order valence-corrected chi connectivity index (χ1v) is 7.31. The number of rotatable bonds is 8. The highest BCUT2D eigenvalue weighted by molar-refractivity contribution is 5.73. The average Bonchev–Trinajstić information content (AvgIpc) is 3.01. The summed E-state index contributed by atoms with van der Waals surface area (Å²) >= 11 is 0. The molecule has 118 valence electrons. The van der Waals surface area contributed by atoms with Gasteiger partial charge in [0.25, 0.3) is 0 Å². The summed E-state index contributed by atoms with van der Waals surface area (Å²) in [4.78, 5) is 15.3. The third-order valence-electron chi connectivity index (χ3n) is 3.56. The van der Waals surface area contributed by atoms with Gasteiger partial charge in [0.05, 0.1) is 29.6 Å². The number of H-pyrrole nitrogens is 1. The first-order chi connectivity index (χ1) is 10.5. The maximum atomic E-state index is 11.0. The van der Waals surface area contributed by atoms with Crippen LogP contribution in [0.1, 0.15) is 33.1 Å². The quantitative estimate of drug-likeness (QED) is 0.731. The number of aliphatic carboxylic acids is 1. The highest BCUT2D eigenvalue weighted by atomic mass is 16.5. The number of aromatic nitrogens is 3. The molecule has 0 atom stereocenters. The molecule has 0 aliphatic heterocycles. The molecule has 0 aliphatic rings. The lowest BCUT2D eigenvalue weighted by molar-refractivity contribution is -0.147. The number of carboxylic acid groups (broad SMARTS) is 1. The largest absolute Gasteiger partial charge is 0.492 e. The van der Waals surface area contributed by atoms with Gasteiger partial charge in [-0.3, -0.25) is 14.9 Å². The summed E-state index contributed by atoms with van der Waals surface area (Å²) in [6, 6.07) is 5.59. The van der Waals surface area contributed by atoms with Gasteiger partial charge in [-0.15, -0.1) is 0 Å². The zero-order valence-corrected chi connectivity index (χ0v) is 12.9. The first kappa shape index (κ1) is 16.0. The van der Waals surface area contributed by atoms with Gasteiger partial charge >= 0.3 is 5.97 Å². The molecular formula is C16H21N3O3. The summed E-state index contributed by atoms with van der Waals surface area (Å²) in [6.07, 6.45) is 5.64. The van der Waals surface area contributed by atoms with E-state index in [9.17, 15) is 4.79 Å². The molecule has 0 fully saturated rings. The van der Waals surface area contributed by atoms with Crippen LogP contribution in [0.25, 0.3) is 11.4 Å². The van der Waals surface area contributed by atoms with Crippen LogP contribution in [0.5, 0.6) is 5.75 Å². The number of carbonyl (C=O) groups is 1. The second kappa shape index (κ2) is 7.06. The molecule has 0 aliphatic carbocycles. The number of nitrogens with zero attached hydrogens (tertiary/aromatic N) is 2. The average molecular weight is 303 g/mol. The van der Waals surface area contributed by atoms with Gasteiger partial charge in [0, 0.05) is 6.20 Å². The predicted octanol–water partition coefficient (Wildman–Crippen LogP) is 3.13. The van der Waals surface area contributed by atoms with Gasteiger partial charge in [0.15, 0.2) is 0 Å². The van der Waals surface area contributed by atoms with Crippen molar-refractivity contribution in [3.8, 4) is 17.1 Å². The van der Waals surface area contributed by atoms with Crippen molar-refractivity contribution in [2.24, 2.45) is 5.41 Å². The fraction of sp³-hybridized carbons (Fsp3) is 0.438. The minimum atomic E-state index is -0.757. The molecule has 0 saturated carbocycles. The Balaban J connectivity index is 1.73. The molecule has 6 heteroatoms. The number of hydrogen-bond acceptors (Lipinski definition) is 4. The number of hydrogen-bond donors (Lipinski definition) is 2. The molecule has 0 unspecified atom stereocenters. The van der Waals surface area contributed by atoms with Crippen molar-refractivity contribution in [3.63, 3.8) is 0 Å². The minimum absolute atomic E-state index is 0.556. The predicted molar refractivity (Wildman–Crippen MR) is 82.6 cm³/mol. The van der Waals surface area contributed by atoms with Gasteiger partial charge in [0.2, 0.25) is 0 Å². The van der Waals surface area contributed by atoms with Gasteiger partial charge in [-0.25, -0.2) is 0 Å². The highest BCUT2D eigenvalue weighted by Gasteiger charge is 2.25. The second-order valence-corrected chi connectivity index (χ2v) is 5.84. The van der Waals surface area contributed by atoms with Crippen LogP contribution in [-0.2, 0) is 4.79 Å².